The minimum atomic E-state index is -0.157. The van der Waals surface area contributed by atoms with E-state index in [4.69, 9.17) is 11.1 Å². The Morgan fingerprint density at radius 1 is 1.53 bits per heavy atom. The Morgan fingerprint density at radius 3 is 2.71 bits per heavy atom. The molecule has 1 aliphatic heterocycles. The highest BCUT2D eigenvalue weighted by molar-refractivity contribution is 9.10. The lowest BCUT2D eigenvalue weighted by Gasteiger charge is -2.39. The Hall–Kier alpha value is -1.17. The summed E-state index contributed by atoms with van der Waals surface area (Å²) in [5.74, 6) is 1.21. The molecule has 6 heteroatoms. The first-order chi connectivity index (χ1) is 8.03. The maximum Gasteiger partial charge on any atom is 0.146 e. The van der Waals surface area contributed by atoms with Crippen molar-refractivity contribution in [2.45, 2.75) is 19.8 Å². The van der Waals surface area contributed by atoms with Gasteiger partial charge >= 0.3 is 0 Å². The molecule has 0 spiro atoms. The molecule has 1 aromatic heterocycles. The Morgan fingerprint density at radius 2 is 2.18 bits per heavy atom. The van der Waals surface area contributed by atoms with Crippen LogP contribution in [-0.4, -0.2) is 28.9 Å². The number of piperidine rings is 1. The Balaban J connectivity index is 2.10. The third kappa shape index (κ3) is 2.41. The number of hydrogen-bond acceptors (Lipinski definition) is 4. The van der Waals surface area contributed by atoms with Crippen LogP contribution in [0.2, 0.25) is 0 Å². The van der Waals surface area contributed by atoms with Crippen molar-refractivity contribution in [2.75, 3.05) is 18.0 Å². The van der Waals surface area contributed by atoms with Crippen LogP contribution in [0.3, 0.4) is 0 Å². The summed E-state index contributed by atoms with van der Waals surface area (Å²) >= 11 is 3.46. The molecule has 92 valence electrons. The number of nitrogens with one attached hydrogen (secondary N) is 1. The first-order valence-corrected chi connectivity index (χ1v) is 6.37. The van der Waals surface area contributed by atoms with Crippen molar-refractivity contribution in [1.82, 2.24) is 9.97 Å². The zero-order valence-corrected chi connectivity index (χ0v) is 11.4. The van der Waals surface area contributed by atoms with Crippen molar-refractivity contribution in [2.24, 2.45) is 11.1 Å². The van der Waals surface area contributed by atoms with Crippen LogP contribution in [0.25, 0.3) is 0 Å². The van der Waals surface area contributed by atoms with E-state index in [1.54, 1.807) is 12.5 Å². The van der Waals surface area contributed by atoms with Crippen LogP contribution in [0.5, 0.6) is 0 Å². The molecule has 0 amide bonds. The summed E-state index contributed by atoms with van der Waals surface area (Å²) in [6.45, 7) is 3.79. The van der Waals surface area contributed by atoms with Crippen molar-refractivity contribution in [3.63, 3.8) is 0 Å². The fraction of sp³-hybridized carbons (Fsp3) is 0.545. The molecule has 0 aromatic carbocycles. The van der Waals surface area contributed by atoms with E-state index >= 15 is 0 Å². The zero-order chi connectivity index (χ0) is 12.5. The fourth-order valence-corrected chi connectivity index (χ4v) is 2.49. The van der Waals surface area contributed by atoms with Crippen LogP contribution in [-0.2, 0) is 0 Å². The van der Waals surface area contributed by atoms with Crippen molar-refractivity contribution in [3.8, 4) is 0 Å². The summed E-state index contributed by atoms with van der Waals surface area (Å²) in [4.78, 5) is 10.4. The molecule has 1 fully saturated rings. The van der Waals surface area contributed by atoms with E-state index in [9.17, 15) is 0 Å². The third-order valence-corrected chi connectivity index (χ3v) is 4.02. The van der Waals surface area contributed by atoms with E-state index < -0.39 is 0 Å². The van der Waals surface area contributed by atoms with Gasteiger partial charge in [0.2, 0.25) is 0 Å². The first kappa shape index (κ1) is 12.3. The van der Waals surface area contributed by atoms with Gasteiger partial charge in [0.25, 0.3) is 0 Å². The second-order valence-corrected chi connectivity index (χ2v) is 5.51. The minimum Gasteiger partial charge on any atom is -0.387 e. The van der Waals surface area contributed by atoms with E-state index in [2.05, 4.69) is 37.7 Å². The third-order valence-electron chi connectivity index (χ3n) is 3.46. The number of amidine groups is 1. The highest BCUT2D eigenvalue weighted by Gasteiger charge is 2.33. The quantitative estimate of drug-likeness (QED) is 0.644. The lowest BCUT2D eigenvalue weighted by molar-refractivity contribution is 0.349. The van der Waals surface area contributed by atoms with Gasteiger partial charge in [-0.2, -0.15) is 0 Å². The number of aromatic nitrogens is 2. The molecule has 0 atom stereocenters. The topological polar surface area (TPSA) is 78.9 Å². The van der Waals surface area contributed by atoms with E-state index in [1.807, 2.05) is 0 Å². The molecule has 17 heavy (non-hydrogen) atoms. The van der Waals surface area contributed by atoms with Gasteiger partial charge in [0.1, 0.15) is 12.1 Å². The molecule has 0 saturated carbocycles. The summed E-state index contributed by atoms with van der Waals surface area (Å²) in [6, 6.07) is 0. The summed E-state index contributed by atoms with van der Waals surface area (Å²) in [7, 11) is 0. The van der Waals surface area contributed by atoms with E-state index in [1.165, 1.54) is 0 Å². The van der Waals surface area contributed by atoms with Gasteiger partial charge < -0.3 is 10.6 Å². The number of rotatable bonds is 2. The number of halogens is 1. The zero-order valence-electron chi connectivity index (χ0n) is 9.78. The average molecular weight is 298 g/mol. The molecule has 0 aliphatic carbocycles. The molecule has 1 aromatic rings. The van der Waals surface area contributed by atoms with Gasteiger partial charge in [-0.1, -0.05) is 6.92 Å². The van der Waals surface area contributed by atoms with Gasteiger partial charge in [-0.3, -0.25) is 5.41 Å². The Kier molecular flexibility index (Phi) is 3.33. The number of nitrogens with zero attached hydrogens (tertiary/aromatic N) is 3. The molecule has 2 rings (SSSR count). The maximum absolute atomic E-state index is 7.62. The number of anilines is 1. The molecule has 0 bridgehead atoms. The van der Waals surface area contributed by atoms with Crippen LogP contribution in [0.4, 0.5) is 5.82 Å². The molecule has 2 heterocycles. The van der Waals surface area contributed by atoms with Crippen molar-refractivity contribution < 1.29 is 0 Å². The lowest BCUT2D eigenvalue weighted by atomic mass is 9.79. The molecule has 5 nitrogen and oxygen atoms in total. The number of hydrogen-bond donors (Lipinski definition) is 2. The summed E-state index contributed by atoms with van der Waals surface area (Å²) < 4.78 is 0.909. The van der Waals surface area contributed by atoms with Gasteiger partial charge in [-0.25, -0.2) is 9.97 Å². The summed E-state index contributed by atoms with van der Waals surface area (Å²) in [5, 5.41) is 7.62. The summed E-state index contributed by atoms with van der Waals surface area (Å²) in [6.07, 6.45) is 5.08. The van der Waals surface area contributed by atoms with Crippen LogP contribution >= 0.6 is 15.9 Å². The lowest BCUT2D eigenvalue weighted by Crippen LogP contribution is -2.45. The van der Waals surface area contributed by atoms with E-state index in [0.29, 0.717) is 5.84 Å². The van der Waals surface area contributed by atoms with Crippen LogP contribution < -0.4 is 10.6 Å². The van der Waals surface area contributed by atoms with E-state index in [0.717, 1.165) is 36.2 Å². The SMILES string of the molecule is CC1(C(=N)N)CCN(c2ncncc2Br)CC1. The predicted molar refractivity (Wildman–Crippen MR) is 71.2 cm³/mol. The van der Waals surface area contributed by atoms with Crippen LogP contribution in [0.15, 0.2) is 17.0 Å². The molecule has 1 saturated heterocycles. The van der Waals surface area contributed by atoms with Crippen LogP contribution in [0.1, 0.15) is 19.8 Å². The molecular weight excluding hydrogens is 282 g/mol. The van der Waals surface area contributed by atoms with E-state index in [-0.39, 0.29) is 5.41 Å². The smallest absolute Gasteiger partial charge is 0.146 e. The molecular formula is C11H16BrN5. The Bertz CT molecular complexity index is 426. The molecule has 0 radical (unpaired) electrons. The molecule has 1 aliphatic rings. The first-order valence-electron chi connectivity index (χ1n) is 5.58. The van der Waals surface area contributed by atoms with Gasteiger partial charge in [0, 0.05) is 24.7 Å². The summed E-state index contributed by atoms with van der Waals surface area (Å²) in [5.41, 5.74) is 5.49. The Labute approximate surface area is 109 Å². The second-order valence-electron chi connectivity index (χ2n) is 4.66. The maximum atomic E-state index is 7.62. The molecule has 0 unspecified atom stereocenters. The molecule has 3 N–H and O–H groups in total. The minimum absolute atomic E-state index is 0.157. The largest absolute Gasteiger partial charge is 0.387 e. The van der Waals surface area contributed by atoms with Crippen LogP contribution in [0, 0.1) is 10.8 Å². The highest BCUT2D eigenvalue weighted by Crippen LogP contribution is 2.33. The second kappa shape index (κ2) is 4.60. The van der Waals surface area contributed by atoms with Gasteiger partial charge in [0.05, 0.1) is 10.3 Å². The van der Waals surface area contributed by atoms with Gasteiger partial charge in [0.15, 0.2) is 0 Å². The van der Waals surface area contributed by atoms with Gasteiger partial charge in [-0.05, 0) is 28.8 Å². The average Bonchev–Trinajstić information content (AvgIpc) is 2.31. The number of nitrogens with two attached hydrogens (primary N) is 1. The van der Waals surface area contributed by atoms with Crippen molar-refractivity contribution in [3.05, 3.63) is 17.0 Å². The predicted octanol–water partition coefficient (Wildman–Crippen LogP) is 1.78. The fourth-order valence-electron chi connectivity index (χ4n) is 2.02. The monoisotopic (exact) mass is 297 g/mol. The standard InChI is InChI=1S/C11H16BrN5/c1-11(10(13)14)2-4-17(5-3-11)9-8(12)6-15-7-16-9/h6-7H,2-5H2,1H3,(H3,13,14). The highest BCUT2D eigenvalue weighted by atomic mass is 79.9. The van der Waals surface area contributed by atoms with Crippen molar-refractivity contribution >= 4 is 27.6 Å². The normalized spacial score (nSPS) is 19.1. The van der Waals surface area contributed by atoms with Gasteiger partial charge in [-0.15, -0.1) is 0 Å². The van der Waals surface area contributed by atoms with Crippen molar-refractivity contribution in [1.29, 1.82) is 5.41 Å².